The Kier molecular flexibility index (Phi) is 8.69. The average Bonchev–Trinajstić information content (AvgIpc) is 2.67. The molecule has 1 rings (SSSR count). The van der Waals surface area contributed by atoms with Crippen molar-refractivity contribution in [2.75, 3.05) is 25.2 Å². The number of rotatable bonds is 7. The Morgan fingerprint density at radius 1 is 1.52 bits per heavy atom. The zero-order valence-electron chi connectivity index (χ0n) is 14.7. The summed E-state index contributed by atoms with van der Waals surface area (Å²) in [7, 11) is 1.54. The van der Waals surface area contributed by atoms with E-state index in [2.05, 4.69) is 43.6 Å². The molecule has 0 spiro atoms. The minimum absolute atomic E-state index is 0.105. The molecule has 0 aromatic rings. The lowest BCUT2D eigenvalue weighted by atomic mass is 9.95. The molecule has 2 unspecified atom stereocenters. The smallest absolute Gasteiger partial charge is 0.249 e. The molecule has 0 aliphatic carbocycles. The third-order valence-corrected chi connectivity index (χ3v) is 4.56. The number of thioether (sulfide) groups is 1. The maximum absolute atomic E-state index is 12.3. The third-order valence-electron chi connectivity index (χ3n) is 3.50. The second-order valence-corrected chi connectivity index (χ2v) is 8.00. The van der Waals surface area contributed by atoms with Crippen molar-refractivity contribution in [2.24, 2.45) is 5.41 Å². The molecule has 5 nitrogen and oxygen atoms in total. The van der Waals surface area contributed by atoms with Crippen molar-refractivity contribution in [1.82, 2.24) is 10.6 Å². The fourth-order valence-corrected chi connectivity index (χ4v) is 3.12. The summed E-state index contributed by atoms with van der Waals surface area (Å²) < 4.78 is 5.29. The first-order chi connectivity index (χ1) is 10.8. The van der Waals surface area contributed by atoms with Gasteiger partial charge in [-0.25, -0.2) is 0 Å². The van der Waals surface area contributed by atoms with Gasteiger partial charge in [0.25, 0.3) is 0 Å². The highest BCUT2D eigenvalue weighted by atomic mass is 32.2. The van der Waals surface area contributed by atoms with E-state index in [1.54, 1.807) is 11.8 Å². The molecule has 1 heterocycles. The summed E-state index contributed by atoms with van der Waals surface area (Å²) in [5.41, 5.74) is 0.183. The number of amides is 2. The molecule has 1 aliphatic rings. The fraction of sp³-hybridized carbons (Fsp3) is 0.765. The van der Waals surface area contributed by atoms with Crippen LogP contribution < -0.4 is 10.6 Å². The highest BCUT2D eigenvalue weighted by Crippen LogP contribution is 2.16. The van der Waals surface area contributed by atoms with Gasteiger partial charge in [0.15, 0.2) is 0 Å². The highest BCUT2D eigenvalue weighted by molar-refractivity contribution is 7.99. The van der Waals surface area contributed by atoms with Crippen LogP contribution in [0, 0.1) is 5.41 Å². The van der Waals surface area contributed by atoms with Crippen LogP contribution in [0.4, 0.5) is 0 Å². The minimum atomic E-state index is -0.501. The lowest BCUT2D eigenvalue weighted by molar-refractivity contribution is -0.135. The maximum Gasteiger partial charge on any atom is 0.249 e. The van der Waals surface area contributed by atoms with Crippen LogP contribution in [0.15, 0.2) is 12.2 Å². The summed E-state index contributed by atoms with van der Waals surface area (Å²) in [4.78, 5) is 24.1. The summed E-state index contributed by atoms with van der Waals surface area (Å²) in [6.45, 7) is 7.13. The number of ether oxygens (including phenoxy) is 1. The van der Waals surface area contributed by atoms with Gasteiger partial charge < -0.3 is 15.4 Å². The molecule has 1 saturated heterocycles. The van der Waals surface area contributed by atoms with Crippen LogP contribution in [0.5, 0.6) is 0 Å². The molecule has 2 N–H and O–H groups in total. The Morgan fingerprint density at radius 2 is 2.26 bits per heavy atom. The average molecular weight is 343 g/mol. The number of hydrogen-bond acceptors (Lipinski definition) is 4. The van der Waals surface area contributed by atoms with Gasteiger partial charge in [0.1, 0.15) is 12.1 Å². The Labute approximate surface area is 144 Å². The maximum atomic E-state index is 12.3. The van der Waals surface area contributed by atoms with E-state index in [9.17, 15) is 9.59 Å². The molecule has 0 aromatic carbocycles. The highest BCUT2D eigenvalue weighted by Gasteiger charge is 2.26. The number of nitrogens with one attached hydrogen (secondary N) is 2. The molecular formula is C17H30N2O3S. The summed E-state index contributed by atoms with van der Waals surface area (Å²) in [6.07, 6.45) is 6.29. The topological polar surface area (TPSA) is 67.4 Å². The Bertz CT molecular complexity index is 419. The number of allylic oxidation sites excluding steroid dienone is 2. The fourth-order valence-electron chi connectivity index (χ4n) is 2.23. The lowest BCUT2D eigenvalue weighted by Crippen LogP contribution is -2.50. The first-order valence-corrected chi connectivity index (χ1v) is 9.35. The van der Waals surface area contributed by atoms with Crippen molar-refractivity contribution >= 4 is 23.6 Å². The molecule has 0 bridgehead atoms. The summed E-state index contributed by atoms with van der Waals surface area (Å²) >= 11 is 1.67. The van der Waals surface area contributed by atoms with Crippen molar-refractivity contribution in [3.8, 4) is 0 Å². The molecule has 0 saturated carbocycles. The molecular weight excluding hydrogens is 312 g/mol. The van der Waals surface area contributed by atoms with E-state index in [0.717, 1.165) is 18.6 Å². The van der Waals surface area contributed by atoms with Gasteiger partial charge in [-0.1, -0.05) is 32.9 Å². The zero-order chi connectivity index (χ0) is 17.3. The largest absolute Gasteiger partial charge is 0.372 e. The van der Waals surface area contributed by atoms with E-state index < -0.39 is 12.1 Å². The number of carbonyl (C=O) groups is 2. The van der Waals surface area contributed by atoms with Gasteiger partial charge in [0.2, 0.25) is 11.8 Å². The van der Waals surface area contributed by atoms with Gasteiger partial charge in [-0.05, 0) is 24.7 Å². The molecule has 1 fully saturated rings. The zero-order valence-corrected chi connectivity index (χ0v) is 15.5. The predicted octanol–water partition coefficient (Wildman–Crippen LogP) is 2.12. The van der Waals surface area contributed by atoms with Crippen LogP contribution in [0.1, 0.15) is 40.0 Å². The number of carbonyl (C=O) groups excluding carboxylic acids is 2. The lowest BCUT2D eigenvalue weighted by Gasteiger charge is -2.19. The third kappa shape index (κ3) is 8.42. The summed E-state index contributed by atoms with van der Waals surface area (Å²) in [5.74, 6) is 1.19. The van der Waals surface area contributed by atoms with Crippen LogP contribution in [-0.2, 0) is 14.3 Å². The molecule has 2 amide bonds. The van der Waals surface area contributed by atoms with Gasteiger partial charge in [-0.15, -0.1) is 0 Å². The van der Waals surface area contributed by atoms with Crippen molar-refractivity contribution in [1.29, 1.82) is 0 Å². The Balaban J connectivity index is 2.39. The molecule has 1 aliphatic heterocycles. The van der Waals surface area contributed by atoms with E-state index >= 15 is 0 Å². The van der Waals surface area contributed by atoms with Gasteiger partial charge >= 0.3 is 0 Å². The van der Waals surface area contributed by atoms with Gasteiger partial charge in [-0.3, -0.25) is 9.59 Å². The predicted molar refractivity (Wildman–Crippen MR) is 95.5 cm³/mol. The van der Waals surface area contributed by atoms with E-state index in [1.165, 1.54) is 7.11 Å². The number of methoxy groups -OCH3 is 1. The minimum Gasteiger partial charge on any atom is -0.372 e. The molecule has 6 heteroatoms. The van der Waals surface area contributed by atoms with Crippen LogP contribution in [0.25, 0.3) is 0 Å². The Hall–Kier alpha value is -1.01. The standard InChI is InChI=1S/C17H30N2O3S/c1-17(2,3)9-7-5-6-8-14(22-4)16(21)19-13-12-23-11-10-18-15(13)20/h7,9,13-14H,5-6,8,10-12H2,1-4H3,(H,18,20)(H,19,21)/b9-7+. The van der Waals surface area contributed by atoms with E-state index in [1.807, 2.05) is 0 Å². The van der Waals surface area contributed by atoms with Crippen LogP contribution in [0.3, 0.4) is 0 Å². The molecule has 2 atom stereocenters. The van der Waals surface area contributed by atoms with Gasteiger partial charge in [-0.2, -0.15) is 11.8 Å². The second-order valence-electron chi connectivity index (χ2n) is 6.85. The SMILES string of the molecule is COC(CCC/C=C/C(C)(C)C)C(=O)NC1CSCCNC1=O. The first-order valence-electron chi connectivity index (χ1n) is 8.20. The summed E-state index contributed by atoms with van der Waals surface area (Å²) in [5, 5.41) is 5.62. The van der Waals surface area contributed by atoms with Crippen LogP contribution >= 0.6 is 11.8 Å². The van der Waals surface area contributed by atoms with Gasteiger partial charge in [0, 0.05) is 25.2 Å². The first kappa shape index (κ1) is 20.0. The van der Waals surface area contributed by atoms with Crippen LogP contribution in [-0.4, -0.2) is 49.1 Å². The van der Waals surface area contributed by atoms with E-state index in [-0.39, 0.29) is 17.2 Å². The second kappa shape index (κ2) is 9.98. The molecule has 132 valence electrons. The molecule has 0 aromatic heterocycles. The van der Waals surface area contributed by atoms with Crippen molar-refractivity contribution in [3.63, 3.8) is 0 Å². The monoisotopic (exact) mass is 342 g/mol. The quantitative estimate of drug-likeness (QED) is 0.549. The van der Waals surface area contributed by atoms with Crippen molar-refractivity contribution in [2.45, 2.75) is 52.2 Å². The van der Waals surface area contributed by atoms with Gasteiger partial charge in [0.05, 0.1) is 0 Å². The molecule has 23 heavy (non-hydrogen) atoms. The molecule has 0 radical (unpaired) electrons. The van der Waals surface area contributed by atoms with E-state index in [4.69, 9.17) is 4.74 Å². The van der Waals surface area contributed by atoms with Crippen molar-refractivity contribution < 1.29 is 14.3 Å². The number of unbranched alkanes of at least 4 members (excludes halogenated alkanes) is 1. The Morgan fingerprint density at radius 3 is 2.91 bits per heavy atom. The number of hydrogen-bond donors (Lipinski definition) is 2. The van der Waals surface area contributed by atoms with E-state index in [0.29, 0.717) is 18.7 Å². The normalized spacial score (nSPS) is 20.9. The van der Waals surface area contributed by atoms with Crippen LogP contribution in [0.2, 0.25) is 0 Å². The van der Waals surface area contributed by atoms with Crippen molar-refractivity contribution in [3.05, 3.63) is 12.2 Å². The summed E-state index contributed by atoms with van der Waals surface area (Å²) in [6, 6.07) is -0.464.